The van der Waals surface area contributed by atoms with E-state index in [-0.39, 0.29) is 5.09 Å². The minimum absolute atomic E-state index is 0.189. The van der Waals surface area contributed by atoms with Gasteiger partial charge in [0.05, 0.1) is 6.54 Å². The summed E-state index contributed by atoms with van der Waals surface area (Å²) < 4.78 is 27.1. The molecule has 0 aliphatic carbocycles. The normalized spacial score (nSPS) is 14.2. The summed E-state index contributed by atoms with van der Waals surface area (Å²) >= 11 is 0. The third-order valence-electron chi connectivity index (χ3n) is 2.37. The van der Waals surface area contributed by atoms with Crippen LogP contribution in [0.25, 0.3) is 0 Å². The first-order chi connectivity index (χ1) is 7.79. The second-order valence-corrected chi connectivity index (χ2v) is 6.17. The van der Waals surface area contributed by atoms with Gasteiger partial charge in [-0.05, 0) is 31.4 Å². The lowest BCUT2D eigenvalue weighted by Gasteiger charge is -2.14. The standard InChI is InChI=1S/C11H20N2O3S/c1-8(2)6-9(3)13-7-10-4-5-11(16-10)17(12,14)15/h4-5,8-9,13H,6-7H2,1-3H3,(H2,12,14,15). The number of hydrogen-bond acceptors (Lipinski definition) is 4. The highest BCUT2D eigenvalue weighted by atomic mass is 32.2. The Balaban J connectivity index is 2.51. The van der Waals surface area contributed by atoms with Gasteiger partial charge in [-0.15, -0.1) is 0 Å². The smallest absolute Gasteiger partial charge is 0.271 e. The average Bonchev–Trinajstić information content (AvgIpc) is 2.61. The zero-order valence-electron chi connectivity index (χ0n) is 10.4. The fraction of sp³-hybridized carbons (Fsp3) is 0.636. The fourth-order valence-electron chi connectivity index (χ4n) is 1.67. The summed E-state index contributed by atoms with van der Waals surface area (Å²) in [6, 6.07) is 3.35. The van der Waals surface area contributed by atoms with Crippen molar-refractivity contribution in [3.8, 4) is 0 Å². The Morgan fingerprint density at radius 3 is 2.47 bits per heavy atom. The summed E-state index contributed by atoms with van der Waals surface area (Å²) in [5.74, 6) is 1.19. The zero-order chi connectivity index (χ0) is 13.1. The molecule has 3 N–H and O–H groups in total. The van der Waals surface area contributed by atoms with Crippen LogP contribution in [-0.4, -0.2) is 14.5 Å². The van der Waals surface area contributed by atoms with E-state index in [9.17, 15) is 8.42 Å². The van der Waals surface area contributed by atoms with Gasteiger partial charge in [0.15, 0.2) is 0 Å². The number of sulfonamides is 1. The lowest BCUT2D eigenvalue weighted by atomic mass is 10.1. The van der Waals surface area contributed by atoms with Gasteiger partial charge < -0.3 is 9.73 Å². The molecule has 1 aromatic heterocycles. The monoisotopic (exact) mass is 260 g/mol. The average molecular weight is 260 g/mol. The number of nitrogens with two attached hydrogens (primary N) is 1. The van der Waals surface area contributed by atoms with Gasteiger partial charge in [-0.3, -0.25) is 0 Å². The highest BCUT2D eigenvalue weighted by Gasteiger charge is 2.13. The van der Waals surface area contributed by atoms with E-state index in [0.717, 1.165) is 6.42 Å². The van der Waals surface area contributed by atoms with Gasteiger partial charge in [-0.1, -0.05) is 13.8 Å². The van der Waals surface area contributed by atoms with Crippen molar-refractivity contribution in [3.05, 3.63) is 17.9 Å². The van der Waals surface area contributed by atoms with Gasteiger partial charge in [-0.2, -0.15) is 0 Å². The Labute approximate surface area is 102 Å². The van der Waals surface area contributed by atoms with Crippen molar-refractivity contribution in [2.45, 2.75) is 44.9 Å². The van der Waals surface area contributed by atoms with E-state index in [2.05, 4.69) is 26.1 Å². The number of rotatable bonds is 6. The third-order valence-corrected chi connectivity index (χ3v) is 3.15. The molecule has 0 aliphatic rings. The molecule has 1 atom stereocenters. The second-order valence-electron chi connectivity index (χ2n) is 4.68. The minimum Gasteiger partial charge on any atom is -0.447 e. The van der Waals surface area contributed by atoms with Crippen molar-refractivity contribution in [2.24, 2.45) is 11.1 Å². The fourth-order valence-corrected chi connectivity index (χ4v) is 2.15. The Hall–Kier alpha value is -0.850. The molecule has 98 valence electrons. The molecule has 0 aliphatic heterocycles. The van der Waals surface area contributed by atoms with Crippen molar-refractivity contribution >= 4 is 10.0 Å². The maximum Gasteiger partial charge on any atom is 0.271 e. The molecule has 0 amide bonds. The molecule has 0 saturated heterocycles. The lowest BCUT2D eigenvalue weighted by molar-refractivity contribution is 0.376. The van der Waals surface area contributed by atoms with Gasteiger partial charge in [-0.25, -0.2) is 13.6 Å². The van der Waals surface area contributed by atoms with Crippen LogP contribution in [0.5, 0.6) is 0 Å². The molecule has 0 spiro atoms. The topological polar surface area (TPSA) is 85.3 Å². The highest BCUT2D eigenvalue weighted by Crippen LogP contribution is 2.12. The van der Waals surface area contributed by atoms with E-state index in [4.69, 9.17) is 9.56 Å². The van der Waals surface area contributed by atoms with Crippen molar-refractivity contribution in [2.75, 3.05) is 0 Å². The van der Waals surface area contributed by atoms with Crippen LogP contribution in [0.15, 0.2) is 21.6 Å². The third kappa shape index (κ3) is 4.89. The first kappa shape index (κ1) is 14.2. The van der Waals surface area contributed by atoms with Gasteiger partial charge in [0.2, 0.25) is 5.09 Å². The van der Waals surface area contributed by atoms with Crippen LogP contribution in [0.1, 0.15) is 33.0 Å². The summed E-state index contributed by atoms with van der Waals surface area (Å²) in [4.78, 5) is 0. The van der Waals surface area contributed by atoms with Crippen LogP contribution in [0.3, 0.4) is 0 Å². The molecule has 1 heterocycles. The van der Waals surface area contributed by atoms with Crippen molar-refractivity contribution < 1.29 is 12.8 Å². The van der Waals surface area contributed by atoms with Crippen molar-refractivity contribution in [3.63, 3.8) is 0 Å². The molecular weight excluding hydrogens is 240 g/mol. The molecule has 1 unspecified atom stereocenters. The van der Waals surface area contributed by atoms with Crippen LogP contribution in [0, 0.1) is 5.92 Å². The van der Waals surface area contributed by atoms with E-state index < -0.39 is 10.0 Å². The molecule has 17 heavy (non-hydrogen) atoms. The maximum absolute atomic E-state index is 11.0. The number of furan rings is 1. The summed E-state index contributed by atoms with van der Waals surface area (Å²) in [7, 11) is -3.73. The quantitative estimate of drug-likeness (QED) is 0.810. The van der Waals surface area contributed by atoms with Gasteiger partial charge in [0, 0.05) is 6.04 Å². The van der Waals surface area contributed by atoms with Crippen molar-refractivity contribution in [1.29, 1.82) is 0 Å². The van der Waals surface area contributed by atoms with Gasteiger partial charge in [0.1, 0.15) is 5.76 Å². The molecule has 0 fully saturated rings. The number of hydrogen-bond donors (Lipinski definition) is 2. The number of primary sulfonamides is 1. The summed E-state index contributed by atoms with van der Waals surface area (Å²) in [5.41, 5.74) is 0. The summed E-state index contributed by atoms with van der Waals surface area (Å²) in [6.45, 7) is 6.90. The van der Waals surface area contributed by atoms with Gasteiger partial charge in [0.25, 0.3) is 10.0 Å². The molecular formula is C11H20N2O3S. The highest BCUT2D eigenvalue weighted by molar-refractivity contribution is 7.89. The number of nitrogens with one attached hydrogen (secondary N) is 1. The zero-order valence-corrected chi connectivity index (χ0v) is 11.3. The first-order valence-corrected chi connectivity index (χ1v) is 7.18. The molecule has 1 rings (SSSR count). The predicted octanol–water partition coefficient (Wildman–Crippen LogP) is 1.45. The van der Waals surface area contributed by atoms with E-state index in [0.29, 0.717) is 24.3 Å². The Morgan fingerprint density at radius 2 is 2.00 bits per heavy atom. The van der Waals surface area contributed by atoms with Crippen LogP contribution >= 0.6 is 0 Å². The van der Waals surface area contributed by atoms with Crippen LogP contribution in [0.2, 0.25) is 0 Å². The van der Waals surface area contributed by atoms with Gasteiger partial charge >= 0.3 is 0 Å². The largest absolute Gasteiger partial charge is 0.447 e. The molecule has 0 saturated carbocycles. The van der Waals surface area contributed by atoms with Crippen LogP contribution in [-0.2, 0) is 16.6 Å². The van der Waals surface area contributed by atoms with E-state index in [1.54, 1.807) is 6.07 Å². The lowest BCUT2D eigenvalue weighted by Crippen LogP contribution is -2.26. The SMILES string of the molecule is CC(C)CC(C)NCc1ccc(S(N)(=O)=O)o1. The molecule has 0 aromatic carbocycles. The molecule has 0 bridgehead atoms. The molecule has 1 aromatic rings. The molecule has 0 radical (unpaired) electrons. The Bertz CT molecular complexity index is 451. The maximum atomic E-state index is 11.0. The Kier molecular flexibility index (Phi) is 4.73. The first-order valence-electron chi connectivity index (χ1n) is 5.64. The van der Waals surface area contributed by atoms with Crippen molar-refractivity contribution in [1.82, 2.24) is 5.32 Å². The molecule has 6 heteroatoms. The summed E-state index contributed by atoms with van der Waals surface area (Å²) in [6.07, 6.45) is 1.06. The van der Waals surface area contributed by atoms with E-state index in [1.165, 1.54) is 6.07 Å². The minimum atomic E-state index is -3.73. The van der Waals surface area contributed by atoms with Crippen LogP contribution < -0.4 is 10.5 Å². The Morgan fingerprint density at radius 1 is 1.35 bits per heavy atom. The van der Waals surface area contributed by atoms with E-state index >= 15 is 0 Å². The summed E-state index contributed by atoms with van der Waals surface area (Å²) in [5, 5.41) is 8.03. The molecule has 5 nitrogen and oxygen atoms in total. The predicted molar refractivity (Wildman–Crippen MR) is 65.8 cm³/mol. The second kappa shape index (κ2) is 5.66. The van der Waals surface area contributed by atoms with E-state index in [1.807, 2.05) is 0 Å². The van der Waals surface area contributed by atoms with Crippen LogP contribution in [0.4, 0.5) is 0 Å².